The predicted molar refractivity (Wildman–Crippen MR) is 112 cm³/mol. The fraction of sp³-hybridized carbons (Fsp3) is 0.200. The Kier molecular flexibility index (Phi) is 6.13. The van der Waals surface area contributed by atoms with Crippen LogP contribution in [0.15, 0.2) is 54.6 Å². The fourth-order valence-electron chi connectivity index (χ4n) is 2.58. The predicted octanol–water partition coefficient (Wildman–Crippen LogP) is 2.40. The largest absolute Gasteiger partial charge is 0.338 e. The highest BCUT2D eigenvalue weighted by Gasteiger charge is 2.18. The topological polar surface area (TPSA) is 80.8 Å². The van der Waals surface area contributed by atoms with E-state index in [4.69, 9.17) is 0 Å². The molecule has 8 heteroatoms. The molecule has 0 aliphatic rings. The molecule has 144 valence electrons. The number of amides is 1. The molecule has 0 aliphatic heterocycles. The van der Waals surface area contributed by atoms with Gasteiger partial charge in [-0.3, -0.25) is 19.8 Å². The number of benzene rings is 2. The van der Waals surface area contributed by atoms with Crippen molar-refractivity contribution in [1.82, 2.24) is 4.98 Å². The van der Waals surface area contributed by atoms with Crippen molar-refractivity contribution in [3.05, 3.63) is 70.3 Å². The summed E-state index contributed by atoms with van der Waals surface area (Å²) in [6.07, 6.45) is 3.15. The molecule has 1 amide bonds. The van der Waals surface area contributed by atoms with Gasteiger partial charge in [-0.1, -0.05) is 23.5 Å². The molecule has 0 aliphatic carbocycles. The molecule has 0 bridgehead atoms. The zero-order valence-electron chi connectivity index (χ0n) is 15.7. The second kappa shape index (κ2) is 8.73. The van der Waals surface area contributed by atoms with Crippen LogP contribution in [0.3, 0.4) is 0 Å². The molecule has 1 heterocycles. The lowest BCUT2D eigenvalue weighted by molar-refractivity contribution is -0.856. The normalized spacial score (nSPS) is 11.4. The van der Waals surface area contributed by atoms with Crippen molar-refractivity contribution in [2.45, 2.75) is 0 Å². The third-order valence-corrected chi connectivity index (χ3v) is 5.20. The van der Waals surface area contributed by atoms with Gasteiger partial charge < -0.3 is 4.90 Å². The molecular formula is C20H21N4O3S+. The number of carbonyl (C=O) groups is 1. The lowest BCUT2D eigenvalue weighted by atomic mass is 10.2. The minimum absolute atomic E-state index is 0.0218. The molecule has 1 N–H and O–H groups in total. The summed E-state index contributed by atoms with van der Waals surface area (Å²) in [6, 6.07) is 13.9. The summed E-state index contributed by atoms with van der Waals surface area (Å²) in [5.41, 5.74) is 1.62. The van der Waals surface area contributed by atoms with Gasteiger partial charge in [-0.15, -0.1) is 0 Å². The number of aromatic nitrogens is 1. The third-order valence-electron chi connectivity index (χ3n) is 4.14. The molecule has 3 aromatic rings. The number of thiazole rings is 1. The maximum Gasteiger partial charge on any atom is 0.269 e. The van der Waals surface area contributed by atoms with Crippen molar-refractivity contribution in [3.63, 3.8) is 0 Å². The Hall–Kier alpha value is -3.10. The number of hydrogen-bond donors (Lipinski definition) is 1. The van der Waals surface area contributed by atoms with Crippen LogP contribution in [-0.4, -0.2) is 43.0 Å². The average Bonchev–Trinajstić information content (AvgIpc) is 3.10. The fourth-order valence-corrected chi connectivity index (χ4v) is 3.57. The molecule has 0 saturated carbocycles. The molecule has 0 fully saturated rings. The molecule has 0 atom stereocenters. The van der Waals surface area contributed by atoms with Crippen LogP contribution in [0, 0.1) is 10.1 Å². The third kappa shape index (κ3) is 4.79. The van der Waals surface area contributed by atoms with E-state index in [0.29, 0.717) is 11.7 Å². The molecule has 0 radical (unpaired) electrons. The van der Waals surface area contributed by atoms with Crippen molar-refractivity contribution in [2.24, 2.45) is 0 Å². The summed E-state index contributed by atoms with van der Waals surface area (Å²) in [7, 11) is 4.07. The van der Waals surface area contributed by atoms with Gasteiger partial charge in [0, 0.05) is 18.2 Å². The van der Waals surface area contributed by atoms with Crippen LogP contribution in [0.5, 0.6) is 0 Å². The van der Waals surface area contributed by atoms with Crippen LogP contribution in [0.2, 0.25) is 0 Å². The van der Waals surface area contributed by atoms with E-state index in [1.165, 1.54) is 34.4 Å². The number of anilines is 1. The van der Waals surface area contributed by atoms with E-state index in [2.05, 4.69) is 4.98 Å². The number of para-hydroxylation sites is 1. The van der Waals surface area contributed by atoms with Gasteiger partial charge in [0.05, 0.1) is 42.3 Å². The van der Waals surface area contributed by atoms with Crippen molar-refractivity contribution in [2.75, 3.05) is 32.1 Å². The summed E-state index contributed by atoms with van der Waals surface area (Å²) in [6.45, 7) is 1.33. The maximum absolute atomic E-state index is 12.9. The van der Waals surface area contributed by atoms with Crippen LogP contribution < -0.4 is 9.80 Å². The highest BCUT2D eigenvalue weighted by atomic mass is 32.1. The molecule has 0 spiro atoms. The van der Waals surface area contributed by atoms with Gasteiger partial charge in [-0.05, 0) is 35.9 Å². The lowest BCUT2D eigenvalue weighted by Crippen LogP contribution is -3.06. The number of hydrogen-bond acceptors (Lipinski definition) is 5. The van der Waals surface area contributed by atoms with Gasteiger partial charge in [-0.25, -0.2) is 4.98 Å². The number of carbonyl (C=O) groups excluding carboxylic acids is 1. The molecule has 1 aromatic heterocycles. The van der Waals surface area contributed by atoms with Crippen LogP contribution in [0.25, 0.3) is 16.3 Å². The quantitative estimate of drug-likeness (QED) is 0.377. The summed E-state index contributed by atoms with van der Waals surface area (Å²) < 4.78 is 1.03. The number of likely N-dealkylation sites (N-methyl/N-ethyl adjacent to an activating group) is 1. The van der Waals surface area contributed by atoms with E-state index in [1.54, 1.807) is 23.1 Å². The summed E-state index contributed by atoms with van der Waals surface area (Å²) in [5.74, 6) is -0.168. The Morgan fingerprint density at radius 1 is 1.21 bits per heavy atom. The first-order valence-corrected chi connectivity index (χ1v) is 9.64. The smallest absolute Gasteiger partial charge is 0.269 e. The van der Waals surface area contributed by atoms with Gasteiger partial charge in [0.1, 0.15) is 0 Å². The van der Waals surface area contributed by atoms with Crippen LogP contribution in [-0.2, 0) is 4.79 Å². The van der Waals surface area contributed by atoms with Crippen LogP contribution in [0.4, 0.5) is 10.8 Å². The Labute approximate surface area is 166 Å². The summed E-state index contributed by atoms with van der Waals surface area (Å²) in [5, 5.41) is 11.4. The SMILES string of the molecule is C[NH+](C)CCN(C(=O)/C=C\c1ccc([N+](=O)[O-])cc1)c1nc2ccccc2s1. The van der Waals surface area contributed by atoms with Crippen molar-refractivity contribution >= 4 is 44.4 Å². The number of quaternary nitrogens is 1. The molecule has 3 rings (SSSR count). The van der Waals surface area contributed by atoms with Gasteiger partial charge in [0.15, 0.2) is 5.13 Å². The first-order valence-electron chi connectivity index (χ1n) is 8.82. The van der Waals surface area contributed by atoms with Gasteiger partial charge >= 0.3 is 0 Å². The number of nitro benzene ring substituents is 1. The highest BCUT2D eigenvalue weighted by Crippen LogP contribution is 2.28. The Bertz CT molecular complexity index is 979. The highest BCUT2D eigenvalue weighted by molar-refractivity contribution is 7.22. The van der Waals surface area contributed by atoms with E-state index in [9.17, 15) is 14.9 Å². The summed E-state index contributed by atoms with van der Waals surface area (Å²) in [4.78, 5) is 30.7. The average molecular weight is 397 g/mol. The molecule has 7 nitrogen and oxygen atoms in total. The number of rotatable bonds is 7. The standard InChI is InChI=1S/C20H20N4O3S/c1-22(2)13-14-23(20-21-17-5-3-4-6-18(17)28-20)19(25)12-9-15-7-10-16(11-8-15)24(26)27/h3-12H,13-14H2,1-2H3/p+1/b12-9-. The Balaban J connectivity index is 1.82. The van der Waals surface area contributed by atoms with Crippen molar-refractivity contribution in [3.8, 4) is 0 Å². The number of nitrogens with zero attached hydrogens (tertiary/aromatic N) is 3. The second-order valence-corrected chi connectivity index (χ2v) is 7.60. The molecule has 0 unspecified atom stereocenters. The molecule has 0 saturated heterocycles. The second-order valence-electron chi connectivity index (χ2n) is 6.59. The lowest BCUT2D eigenvalue weighted by Gasteiger charge is -2.19. The van der Waals surface area contributed by atoms with Gasteiger partial charge in [0.2, 0.25) is 0 Å². The maximum atomic E-state index is 12.9. The minimum Gasteiger partial charge on any atom is -0.338 e. The Morgan fingerprint density at radius 2 is 1.93 bits per heavy atom. The first-order chi connectivity index (χ1) is 13.4. The zero-order valence-corrected chi connectivity index (χ0v) is 16.5. The number of nitro groups is 1. The molecule has 2 aromatic carbocycles. The zero-order chi connectivity index (χ0) is 20.1. The Morgan fingerprint density at radius 3 is 2.57 bits per heavy atom. The molecule has 28 heavy (non-hydrogen) atoms. The van der Waals surface area contributed by atoms with Crippen LogP contribution in [0.1, 0.15) is 5.56 Å². The monoisotopic (exact) mass is 397 g/mol. The van der Waals surface area contributed by atoms with Crippen molar-refractivity contribution in [1.29, 1.82) is 0 Å². The molecular weight excluding hydrogens is 376 g/mol. The number of fused-ring (bicyclic) bond motifs is 1. The number of nitrogens with one attached hydrogen (secondary N) is 1. The van der Waals surface area contributed by atoms with E-state index in [-0.39, 0.29) is 11.6 Å². The first kappa shape index (κ1) is 19.7. The van der Waals surface area contributed by atoms with E-state index >= 15 is 0 Å². The van der Waals surface area contributed by atoms with E-state index < -0.39 is 4.92 Å². The van der Waals surface area contributed by atoms with Crippen LogP contribution >= 0.6 is 11.3 Å². The summed E-state index contributed by atoms with van der Waals surface area (Å²) >= 11 is 1.49. The van der Waals surface area contributed by atoms with E-state index in [1.807, 2.05) is 38.4 Å². The van der Waals surface area contributed by atoms with Gasteiger partial charge in [-0.2, -0.15) is 0 Å². The van der Waals surface area contributed by atoms with Gasteiger partial charge in [0.25, 0.3) is 11.6 Å². The van der Waals surface area contributed by atoms with E-state index in [0.717, 1.165) is 22.3 Å². The van der Waals surface area contributed by atoms with Crippen molar-refractivity contribution < 1.29 is 14.6 Å². The minimum atomic E-state index is -0.447. The number of non-ortho nitro benzene ring substituents is 1.